The van der Waals surface area contributed by atoms with Crippen LogP contribution in [0.1, 0.15) is 20.8 Å². The van der Waals surface area contributed by atoms with Crippen LogP contribution in [0.2, 0.25) is 0 Å². The Bertz CT molecular complexity index is 1050. The third-order valence-electron chi connectivity index (χ3n) is 4.24. The summed E-state index contributed by atoms with van der Waals surface area (Å²) in [5.41, 5.74) is -0.479. The van der Waals surface area contributed by atoms with Crippen molar-refractivity contribution in [2.75, 3.05) is 22.9 Å². The zero-order valence-electron chi connectivity index (χ0n) is 18.0. The van der Waals surface area contributed by atoms with Gasteiger partial charge in [-0.15, -0.1) is 13.2 Å². The highest BCUT2D eigenvalue weighted by Gasteiger charge is 2.43. The normalized spacial score (nSPS) is 11.7. The zero-order chi connectivity index (χ0) is 24.3. The first-order valence-corrected chi connectivity index (χ1v) is 10.7. The van der Waals surface area contributed by atoms with Gasteiger partial charge >= 0.3 is 18.2 Å². The maximum Gasteiger partial charge on any atom is 0.471 e. The monoisotopic (exact) mass is 560 g/mol. The van der Waals surface area contributed by atoms with Crippen LogP contribution < -0.4 is 9.80 Å². The molecule has 0 heterocycles. The number of carbonyl (C=O) groups is 2. The van der Waals surface area contributed by atoms with Crippen molar-refractivity contribution in [2.24, 2.45) is 0 Å². The van der Waals surface area contributed by atoms with Gasteiger partial charge in [0.15, 0.2) is 0 Å². The van der Waals surface area contributed by atoms with Crippen LogP contribution in [0, 0.1) is 3.57 Å². The van der Waals surface area contributed by atoms with E-state index in [2.05, 4.69) is 13.2 Å². The number of amides is 2. The van der Waals surface area contributed by atoms with Gasteiger partial charge in [0.25, 0.3) is 0 Å². The third kappa shape index (κ3) is 5.81. The Morgan fingerprint density at radius 1 is 1.00 bits per heavy atom. The van der Waals surface area contributed by atoms with Crippen molar-refractivity contribution in [1.29, 1.82) is 0 Å². The minimum Gasteiger partial charge on any atom is -0.443 e. The molecule has 0 spiro atoms. The first-order chi connectivity index (χ1) is 14.8. The molecule has 172 valence electrons. The van der Waals surface area contributed by atoms with E-state index in [-0.39, 0.29) is 18.8 Å². The molecular weight excluding hydrogens is 536 g/mol. The van der Waals surface area contributed by atoms with Gasteiger partial charge in [-0.25, -0.2) is 4.79 Å². The van der Waals surface area contributed by atoms with Crippen LogP contribution in [-0.4, -0.2) is 36.9 Å². The Morgan fingerprint density at radius 3 is 2.03 bits per heavy atom. The average molecular weight is 560 g/mol. The fourth-order valence-corrected chi connectivity index (χ4v) is 3.93. The quantitative estimate of drug-likeness (QED) is 0.302. The lowest BCUT2D eigenvalue weighted by Crippen LogP contribution is -2.42. The molecule has 2 amide bonds. The fraction of sp³-hybridized carbons (Fsp3) is 0.304. The lowest BCUT2D eigenvalue weighted by Gasteiger charge is -2.30. The number of ether oxygens (including phenoxy) is 1. The molecule has 0 N–H and O–H groups in total. The number of hydrogen-bond acceptors (Lipinski definition) is 3. The van der Waals surface area contributed by atoms with Crippen LogP contribution in [0.5, 0.6) is 0 Å². The second kappa shape index (κ2) is 9.93. The van der Waals surface area contributed by atoms with E-state index in [4.69, 9.17) is 4.74 Å². The molecule has 2 rings (SSSR count). The Morgan fingerprint density at radius 2 is 1.53 bits per heavy atom. The number of carbonyl (C=O) groups excluding carboxylic acids is 2. The highest BCUT2D eigenvalue weighted by Crippen LogP contribution is 2.39. The van der Waals surface area contributed by atoms with Gasteiger partial charge in [-0.2, -0.15) is 13.2 Å². The van der Waals surface area contributed by atoms with Gasteiger partial charge in [0.1, 0.15) is 5.60 Å². The molecule has 5 nitrogen and oxygen atoms in total. The van der Waals surface area contributed by atoms with Gasteiger partial charge in [-0.3, -0.25) is 14.6 Å². The molecule has 32 heavy (non-hydrogen) atoms. The van der Waals surface area contributed by atoms with Gasteiger partial charge in [0.05, 0.1) is 11.4 Å². The van der Waals surface area contributed by atoms with E-state index in [0.717, 1.165) is 0 Å². The van der Waals surface area contributed by atoms with Crippen molar-refractivity contribution in [3.05, 3.63) is 59.2 Å². The van der Waals surface area contributed by atoms with Crippen LogP contribution >= 0.6 is 22.6 Å². The van der Waals surface area contributed by atoms with E-state index in [1.807, 2.05) is 22.6 Å². The molecule has 0 saturated carbocycles. The summed E-state index contributed by atoms with van der Waals surface area (Å²) in [6.45, 7) is 12.0. The van der Waals surface area contributed by atoms with E-state index in [9.17, 15) is 22.8 Å². The van der Waals surface area contributed by atoms with E-state index in [1.54, 1.807) is 45.0 Å². The van der Waals surface area contributed by atoms with E-state index < -0.39 is 23.8 Å². The first-order valence-electron chi connectivity index (χ1n) is 9.64. The third-order valence-corrected chi connectivity index (χ3v) is 5.38. The van der Waals surface area contributed by atoms with Gasteiger partial charge in [-0.1, -0.05) is 36.4 Å². The van der Waals surface area contributed by atoms with Crippen LogP contribution in [-0.2, 0) is 9.53 Å². The summed E-state index contributed by atoms with van der Waals surface area (Å²) in [6, 6.07) is 8.35. The first kappa shape index (κ1) is 25.7. The van der Waals surface area contributed by atoms with E-state index in [1.165, 1.54) is 23.1 Å². The van der Waals surface area contributed by atoms with Crippen LogP contribution in [0.15, 0.2) is 55.6 Å². The van der Waals surface area contributed by atoms with Crippen LogP contribution in [0.25, 0.3) is 10.8 Å². The van der Waals surface area contributed by atoms with Crippen molar-refractivity contribution in [1.82, 2.24) is 0 Å². The number of anilines is 2. The summed E-state index contributed by atoms with van der Waals surface area (Å²) >= 11 is 1.91. The lowest BCUT2D eigenvalue weighted by molar-refractivity contribution is -0.170. The van der Waals surface area contributed by atoms with Gasteiger partial charge in [0.2, 0.25) is 0 Å². The molecular formula is C23H24F3IN2O3. The van der Waals surface area contributed by atoms with Crippen molar-refractivity contribution in [3.8, 4) is 0 Å². The zero-order valence-corrected chi connectivity index (χ0v) is 20.2. The minimum absolute atomic E-state index is 0.0131. The number of nitrogens with zero attached hydrogens (tertiary/aromatic N) is 2. The summed E-state index contributed by atoms with van der Waals surface area (Å²) in [7, 11) is 0. The lowest BCUT2D eigenvalue weighted by atomic mass is 10.1. The summed E-state index contributed by atoms with van der Waals surface area (Å²) in [5.74, 6) is -2.02. The number of halogens is 4. The average Bonchev–Trinajstić information content (AvgIpc) is 2.69. The summed E-state index contributed by atoms with van der Waals surface area (Å²) < 4.78 is 45.9. The molecule has 0 fully saturated rings. The van der Waals surface area contributed by atoms with Gasteiger partial charge in [0, 0.05) is 22.0 Å². The topological polar surface area (TPSA) is 49.9 Å². The summed E-state index contributed by atoms with van der Waals surface area (Å²) in [6.07, 6.45) is -3.07. The molecule has 0 radical (unpaired) electrons. The second-order valence-corrected chi connectivity index (χ2v) is 8.93. The SMILES string of the molecule is C=CCN(C(=O)C(F)(F)F)c1cc(N(CC=C)C(=O)OC(C)(C)C)c2ccccc2c1I. The van der Waals surface area contributed by atoms with E-state index in [0.29, 0.717) is 24.9 Å². The maximum absolute atomic E-state index is 13.3. The summed E-state index contributed by atoms with van der Waals surface area (Å²) in [4.78, 5) is 27.0. The van der Waals surface area contributed by atoms with Crippen LogP contribution in [0.4, 0.5) is 29.3 Å². The number of hydrogen-bond donors (Lipinski definition) is 0. The molecule has 0 unspecified atom stereocenters. The molecule has 9 heteroatoms. The molecule has 0 atom stereocenters. The van der Waals surface area contributed by atoms with E-state index >= 15 is 0 Å². The smallest absolute Gasteiger partial charge is 0.443 e. The Balaban J connectivity index is 2.81. The second-order valence-electron chi connectivity index (χ2n) is 7.86. The number of benzene rings is 2. The van der Waals surface area contributed by atoms with Crippen molar-refractivity contribution in [3.63, 3.8) is 0 Å². The largest absolute Gasteiger partial charge is 0.471 e. The number of alkyl halides is 3. The number of rotatable bonds is 6. The Kier molecular flexibility index (Phi) is 7.97. The standard InChI is InChI=1S/C23H24F3IN2O3/c1-6-12-28(20(30)23(24,25)26)18-14-17(15-10-8-9-11-16(15)19(18)27)29(13-7-2)21(31)32-22(3,4)5/h6-11,14H,1-2,12-13H2,3-5H3. The molecule has 0 bridgehead atoms. The van der Waals surface area contributed by atoms with Crippen molar-refractivity contribution >= 4 is 56.7 Å². The maximum atomic E-state index is 13.3. The Labute approximate surface area is 198 Å². The summed E-state index contributed by atoms with van der Waals surface area (Å²) in [5, 5.41) is 1.20. The van der Waals surface area contributed by atoms with Gasteiger partial charge < -0.3 is 4.74 Å². The fourth-order valence-electron chi connectivity index (χ4n) is 3.02. The molecule has 0 aliphatic heterocycles. The highest BCUT2D eigenvalue weighted by molar-refractivity contribution is 14.1. The molecule has 0 aliphatic carbocycles. The molecule has 0 aromatic heterocycles. The molecule has 0 aliphatic rings. The molecule has 2 aromatic carbocycles. The number of fused-ring (bicyclic) bond motifs is 1. The van der Waals surface area contributed by atoms with Crippen molar-refractivity contribution in [2.45, 2.75) is 32.5 Å². The molecule has 2 aromatic rings. The predicted molar refractivity (Wildman–Crippen MR) is 129 cm³/mol. The highest BCUT2D eigenvalue weighted by atomic mass is 127. The van der Waals surface area contributed by atoms with Crippen molar-refractivity contribution < 1.29 is 27.5 Å². The Hall–Kier alpha value is -2.56. The van der Waals surface area contributed by atoms with Crippen LogP contribution in [0.3, 0.4) is 0 Å². The predicted octanol–water partition coefficient (Wildman–Crippen LogP) is 6.45. The van der Waals surface area contributed by atoms with Gasteiger partial charge in [-0.05, 0) is 54.8 Å². The molecule has 0 saturated heterocycles. The minimum atomic E-state index is -5.08.